The molecule has 0 N–H and O–H groups in total. The van der Waals surface area contributed by atoms with E-state index >= 15 is 0 Å². The summed E-state index contributed by atoms with van der Waals surface area (Å²) in [6, 6.07) is 10.3. The number of anilines is 1. The van der Waals surface area contributed by atoms with E-state index < -0.39 is 0 Å². The number of rotatable bonds is 7. The van der Waals surface area contributed by atoms with Crippen LogP contribution in [0.2, 0.25) is 0 Å². The van der Waals surface area contributed by atoms with Gasteiger partial charge in [-0.15, -0.1) is 11.3 Å². The SMILES string of the molecule is CCC[C@@H](C)c1nc(N2CCCN(C(=O)Cc3cccs3)CC2)c2c(C)nn(-c3ccc(F)cc3)c2n1. The highest BCUT2D eigenvalue weighted by molar-refractivity contribution is 7.10. The standard InChI is InChI=1S/C28H33FN6OS/c1-4-7-19(2)26-30-27(25-20(3)32-35(28(25)31-26)22-11-9-21(29)10-12-22)34-14-6-13-33(15-16-34)24(36)18-23-8-5-17-37-23/h5,8-12,17,19H,4,6-7,13-16,18H2,1-3H3/t19-/m1/s1. The van der Waals surface area contributed by atoms with Gasteiger partial charge in [-0.05, 0) is 55.5 Å². The van der Waals surface area contributed by atoms with Crippen molar-refractivity contribution in [3.8, 4) is 5.69 Å². The molecule has 1 saturated heterocycles. The summed E-state index contributed by atoms with van der Waals surface area (Å²) in [6.07, 6.45) is 3.35. The minimum absolute atomic E-state index is 0.176. The normalized spacial score (nSPS) is 15.2. The monoisotopic (exact) mass is 520 g/mol. The van der Waals surface area contributed by atoms with E-state index in [1.165, 1.54) is 12.1 Å². The van der Waals surface area contributed by atoms with E-state index in [0.29, 0.717) is 19.5 Å². The van der Waals surface area contributed by atoms with Crippen LogP contribution in [0.4, 0.5) is 10.2 Å². The Morgan fingerprint density at radius 1 is 1.11 bits per heavy atom. The first-order valence-electron chi connectivity index (χ1n) is 13.0. The topological polar surface area (TPSA) is 67.2 Å². The number of fused-ring (bicyclic) bond motifs is 1. The van der Waals surface area contributed by atoms with E-state index in [2.05, 4.69) is 18.7 Å². The van der Waals surface area contributed by atoms with Crippen LogP contribution in [0.25, 0.3) is 16.7 Å². The van der Waals surface area contributed by atoms with Crippen molar-refractivity contribution in [1.82, 2.24) is 24.6 Å². The van der Waals surface area contributed by atoms with Crippen LogP contribution in [0.3, 0.4) is 0 Å². The molecular formula is C28H33FN6OS. The molecule has 0 aliphatic carbocycles. The molecule has 0 radical (unpaired) electrons. The summed E-state index contributed by atoms with van der Waals surface area (Å²) in [5, 5.41) is 7.73. The largest absolute Gasteiger partial charge is 0.354 e. The van der Waals surface area contributed by atoms with Crippen LogP contribution in [-0.2, 0) is 11.2 Å². The maximum atomic E-state index is 13.6. The van der Waals surface area contributed by atoms with Crippen molar-refractivity contribution in [3.63, 3.8) is 0 Å². The maximum absolute atomic E-state index is 13.6. The number of aryl methyl sites for hydroxylation is 1. The Morgan fingerprint density at radius 3 is 2.65 bits per heavy atom. The number of carbonyl (C=O) groups is 1. The number of amides is 1. The molecule has 1 atom stereocenters. The number of hydrogen-bond acceptors (Lipinski definition) is 6. The Bertz CT molecular complexity index is 1370. The summed E-state index contributed by atoms with van der Waals surface area (Å²) in [6.45, 7) is 9.19. The number of carbonyl (C=O) groups excluding carboxylic acids is 1. The molecule has 1 aromatic carbocycles. The molecule has 194 valence electrons. The van der Waals surface area contributed by atoms with Gasteiger partial charge in [-0.25, -0.2) is 19.0 Å². The van der Waals surface area contributed by atoms with Gasteiger partial charge in [0.2, 0.25) is 5.91 Å². The smallest absolute Gasteiger partial charge is 0.227 e. The molecule has 9 heteroatoms. The predicted octanol–water partition coefficient (Wildman–Crippen LogP) is 5.51. The van der Waals surface area contributed by atoms with Gasteiger partial charge in [0, 0.05) is 37.0 Å². The molecule has 0 bridgehead atoms. The van der Waals surface area contributed by atoms with Gasteiger partial charge < -0.3 is 9.80 Å². The average molecular weight is 521 g/mol. The van der Waals surface area contributed by atoms with E-state index in [4.69, 9.17) is 15.1 Å². The van der Waals surface area contributed by atoms with Gasteiger partial charge in [-0.1, -0.05) is 26.3 Å². The number of nitrogens with zero attached hydrogens (tertiary/aromatic N) is 6. The molecule has 1 amide bonds. The quantitative estimate of drug-likeness (QED) is 0.322. The van der Waals surface area contributed by atoms with Crippen LogP contribution in [0, 0.1) is 12.7 Å². The zero-order valence-corrected chi connectivity index (χ0v) is 22.5. The van der Waals surface area contributed by atoms with E-state index in [9.17, 15) is 9.18 Å². The van der Waals surface area contributed by atoms with Crippen molar-refractivity contribution in [2.24, 2.45) is 0 Å². The van der Waals surface area contributed by atoms with Crippen LogP contribution >= 0.6 is 11.3 Å². The average Bonchev–Trinajstić information content (AvgIpc) is 3.44. The number of benzene rings is 1. The lowest BCUT2D eigenvalue weighted by atomic mass is 10.1. The summed E-state index contributed by atoms with van der Waals surface area (Å²) in [5.41, 5.74) is 2.33. The second-order valence-corrected chi connectivity index (χ2v) is 10.8. The zero-order valence-electron chi connectivity index (χ0n) is 21.7. The Kier molecular flexibility index (Phi) is 7.50. The third-order valence-electron chi connectivity index (χ3n) is 6.99. The van der Waals surface area contributed by atoms with E-state index in [1.807, 2.05) is 29.3 Å². The first-order valence-corrected chi connectivity index (χ1v) is 13.9. The van der Waals surface area contributed by atoms with Crippen LogP contribution < -0.4 is 4.90 Å². The lowest BCUT2D eigenvalue weighted by Crippen LogP contribution is -2.36. The summed E-state index contributed by atoms with van der Waals surface area (Å²) in [4.78, 5) is 28.4. The molecule has 0 spiro atoms. The fourth-order valence-electron chi connectivity index (χ4n) is 5.00. The third-order valence-corrected chi connectivity index (χ3v) is 7.86. The third kappa shape index (κ3) is 5.37. The number of thiophene rings is 1. The van der Waals surface area contributed by atoms with Crippen LogP contribution in [-0.4, -0.2) is 56.7 Å². The summed E-state index contributed by atoms with van der Waals surface area (Å²) in [7, 11) is 0. The number of aromatic nitrogens is 4. The van der Waals surface area contributed by atoms with Crippen molar-refractivity contribution in [2.75, 3.05) is 31.1 Å². The van der Waals surface area contributed by atoms with Gasteiger partial charge >= 0.3 is 0 Å². The Hall–Kier alpha value is -3.33. The highest BCUT2D eigenvalue weighted by Crippen LogP contribution is 2.32. The number of hydrogen-bond donors (Lipinski definition) is 0. The molecule has 5 rings (SSSR count). The van der Waals surface area contributed by atoms with Crippen LogP contribution in [0.15, 0.2) is 41.8 Å². The van der Waals surface area contributed by atoms with Crippen molar-refractivity contribution in [2.45, 2.75) is 52.4 Å². The lowest BCUT2D eigenvalue weighted by molar-refractivity contribution is -0.130. The molecule has 4 heterocycles. The first kappa shape index (κ1) is 25.3. The second-order valence-electron chi connectivity index (χ2n) is 9.74. The Labute approximate surface area is 220 Å². The van der Waals surface area contributed by atoms with Gasteiger partial charge in [0.1, 0.15) is 17.5 Å². The molecule has 4 aromatic rings. The highest BCUT2D eigenvalue weighted by Gasteiger charge is 2.26. The van der Waals surface area contributed by atoms with E-state index in [0.717, 1.165) is 71.3 Å². The van der Waals surface area contributed by atoms with Gasteiger partial charge in [0.15, 0.2) is 5.65 Å². The molecule has 1 aliphatic rings. The Balaban J connectivity index is 1.50. The van der Waals surface area contributed by atoms with Crippen molar-refractivity contribution in [1.29, 1.82) is 0 Å². The minimum Gasteiger partial charge on any atom is -0.354 e. The van der Waals surface area contributed by atoms with Crippen molar-refractivity contribution < 1.29 is 9.18 Å². The van der Waals surface area contributed by atoms with Crippen LogP contribution in [0.5, 0.6) is 0 Å². The Morgan fingerprint density at radius 2 is 1.92 bits per heavy atom. The molecule has 1 aliphatic heterocycles. The molecule has 1 fully saturated rings. The van der Waals surface area contributed by atoms with Crippen molar-refractivity contribution >= 4 is 34.1 Å². The van der Waals surface area contributed by atoms with E-state index in [-0.39, 0.29) is 17.6 Å². The van der Waals surface area contributed by atoms with E-state index in [1.54, 1.807) is 28.2 Å². The lowest BCUT2D eigenvalue weighted by Gasteiger charge is -2.24. The fourth-order valence-corrected chi connectivity index (χ4v) is 5.70. The van der Waals surface area contributed by atoms with Gasteiger partial charge in [-0.2, -0.15) is 5.10 Å². The minimum atomic E-state index is -0.285. The van der Waals surface area contributed by atoms with Crippen molar-refractivity contribution in [3.05, 3.63) is 64.0 Å². The molecule has 7 nitrogen and oxygen atoms in total. The highest BCUT2D eigenvalue weighted by atomic mass is 32.1. The molecule has 37 heavy (non-hydrogen) atoms. The molecule has 3 aromatic heterocycles. The van der Waals surface area contributed by atoms with Gasteiger partial charge in [-0.3, -0.25) is 4.79 Å². The first-order chi connectivity index (χ1) is 17.9. The molecule has 0 unspecified atom stereocenters. The molecule has 0 saturated carbocycles. The predicted molar refractivity (Wildman–Crippen MR) is 146 cm³/mol. The van der Waals surface area contributed by atoms with Crippen LogP contribution in [0.1, 0.15) is 55.4 Å². The summed E-state index contributed by atoms with van der Waals surface area (Å²) >= 11 is 1.63. The maximum Gasteiger partial charge on any atom is 0.227 e. The van der Waals surface area contributed by atoms with Gasteiger partial charge in [0.25, 0.3) is 0 Å². The number of halogens is 1. The zero-order chi connectivity index (χ0) is 25.9. The molecular weight excluding hydrogens is 487 g/mol. The fraction of sp³-hybridized carbons (Fsp3) is 0.429. The second kappa shape index (κ2) is 11.0. The summed E-state index contributed by atoms with van der Waals surface area (Å²) in [5.74, 6) is 1.76. The van der Waals surface area contributed by atoms with Gasteiger partial charge in [0.05, 0.1) is 23.2 Å². The summed E-state index contributed by atoms with van der Waals surface area (Å²) < 4.78 is 15.4.